The van der Waals surface area contributed by atoms with E-state index in [1.807, 2.05) is 7.05 Å². The van der Waals surface area contributed by atoms with Gasteiger partial charge in [-0.3, -0.25) is 4.79 Å². The fourth-order valence-electron chi connectivity index (χ4n) is 3.58. The fourth-order valence-corrected chi connectivity index (χ4v) is 3.58. The molecular formula is C20H18F2N4O3. The molecule has 7 nitrogen and oxygen atoms in total. The Hall–Kier alpha value is -3.33. The van der Waals surface area contributed by atoms with Gasteiger partial charge in [-0.1, -0.05) is 0 Å². The number of rotatable bonds is 4. The summed E-state index contributed by atoms with van der Waals surface area (Å²) in [4.78, 5) is 30.3. The Labute approximate surface area is 164 Å². The lowest BCUT2D eigenvalue weighted by Gasteiger charge is -2.20. The number of halogens is 2. The van der Waals surface area contributed by atoms with Gasteiger partial charge in [0.15, 0.2) is 17.3 Å². The molecule has 0 spiro atoms. The number of carbonyl (C=O) groups is 1. The van der Waals surface area contributed by atoms with Crippen LogP contribution >= 0.6 is 0 Å². The minimum Gasteiger partial charge on any atom is -0.477 e. The van der Waals surface area contributed by atoms with E-state index in [0.29, 0.717) is 18.8 Å². The zero-order chi connectivity index (χ0) is 20.7. The first-order valence-corrected chi connectivity index (χ1v) is 9.06. The van der Waals surface area contributed by atoms with Crippen LogP contribution in [0.25, 0.3) is 16.7 Å². The van der Waals surface area contributed by atoms with Gasteiger partial charge in [0.25, 0.3) is 0 Å². The summed E-state index contributed by atoms with van der Waals surface area (Å²) in [5, 5.41) is 12.4. The van der Waals surface area contributed by atoms with Crippen molar-refractivity contribution in [2.45, 2.75) is 12.5 Å². The maximum atomic E-state index is 14.8. The van der Waals surface area contributed by atoms with E-state index in [9.17, 15) is 23.5 Å². The molecule has 4 rings (SSSR count). The van der Waals surface area contributed by atoms with Gasteiger partial charge >= 0.3 is 5.97 Å². The van der Waals surface area contributed by atoms with Crippen molar-refractivity contribution in [2.24, 2.45) is 0 Å². The van der Waals surface area contributed by atoms with E-state index in [4.69, 9.17) is 0 Å². The van der Waals surface area contributed by atoms with E-state index < -0.39 is 28.6 Å². The van der Waals surface area contributed by atoms with Crippen LogP contribution in [0.15, 0.2) is 41.3 Å². The quantitative estimate of drug-likeness (QED) is 0.698. The van der Waals surface area contributed by atoms with Crippen molar-refractivity contribution >= 4 is 22.8 Å². The zero-order valence-electron chi connectivity index (χ0n) is 15.5. The van der Waals surface area contributed by atoms with E-state index in [2.05, 4.69) is 10.3 Å². The molecule has 0 bridgehead atoms. The average Bonchev–Trinajstić information content (AvgIpc) is 3.18. The number of aromatic nitrogens is 2. The second-order valence-corrected chi connectivity index (χ2v) is 6.91. The van der Waals surface area contributed by atoms with Gasteiger partial charge in [0, 0.05) is 31.0 Å². The van der Waals surface area contributed by atoms with Gasteiger partial charge < -0.3 is 19.9 Å². The molecule has 1 unspecified atom stereocenters. The number of aromatic carboxylic acids is 1. The first-order chi connectivity index (χ1) is 13.9. The summed E-state index contributed by atoms with van der Waals surface area (Å²) >= 11 is 0. The predicted octanol–water partition coefficient (Wildman–Crippen LogP) is 2.16. The largest absolute Gasteiger partial charge is 0.477 e. The summed E-state index contributed by atoms with van der Waals surface area (Å²) in [7, 11) is 1.83. The molecule has 1 aromatic carbocycles. The maximum Gasteiger partial charge on any atom is 0.341 e. The Bertz CT molecular complexity index is 1160. The first-order valence-electron chi connectivity index (χ1n) is 9.06. The Kier molecular flexibility index (Phi) is 4.75. The molecule has 2 aromatic heterocycles. The lowest BCUT2D eigenvalue weighted by Crippen LogP contribution is -2.30. The minimum absolute atomic E-state index is 0.0913. The highest BCUT2D eigenvalue weighted by atomic mass is 19.1. The Morgan fingerprint density at radius 1 is 1.28 bits per heavy atom. The number of hydrogen-bond donors (Lipinski definition) is 2. The molecule has 3 aromatic rings. The highest BCUT2D eigenvalue weighted by Crippen LogP contribution is 2.26. The molecule has 9 heteroatoms. The number of nitrogens with zero attached hydrogens (tertiary/aromatic N) is 3. The lowest BCUT2D eigenvalue weighted by atomic mass is 10.1. The monoisotopic (exact) mass is 400 g/mol. The molecular weight excluding hydrogens is 382 g/mol. The van der Waals surface area contributed by atoms with Crippen LogP contribution < -0.4 is 15.6 Å². The molecule has 0 radical (unpaired) electrons. The van der Waals surface area contributed by atoms with Crippen molar-refractivity contribution in [1.82, 2.24) is 14.9 Å². The lowest BCUT2D eigenvalue weighted by molar-refractivity contribution is 0.0695. The predicted molar refractivity (Wildman–Crippen MR) is 104 cm³/mol. The first kappa shape index (κ1) is 19.0. The van der Waals surface area contributed by atoms with Crippen LogP contribution in [0.2, 0.25) is 0 Å². The molecule has 0 aliphatic carbocycles. The van der Waals surface area contributed by atoms with Gasteiger partial charge in [-0.2, -0.15) is 0 Å². The molecule has 0 saturated carbocycles. The molecule has 1 fully saturated rings. The van der Waals surface area contributed by atoms with E-state index in [0.717, 1.165) is 18.7 Å². The van der Waals surface area contributed by atoms with E-state index in [1.165, 1.54) is 28.8 Å². The third kappa shape index (κ3) is 3.33. The third-order valence-electron chi connectivity index (χ3n) is 5.14. The molecule has 1 aliphatic heterocycles. The molecule has 1 saturated heterocycles. The molecule has 29 heavy (non-hydrogen) atoms. The number of pyridine rings is 2. The summed E-state index contributed by atoms with van der Waals surface area (Å²) in [6, 6.07) is 6.51. The van der Waals surface area contributed by atoms with Gasteiger partial charge in [-0.25, -0.2) is 18.6 Å². The Morgan fingerprint density at radius 2 is 2.00 bits per heavy atom. The number of anilines is 1. The number of fused-ring (bicyclic) bond motifs is 1. The zero-order valence-corrected chi connectivity index (χ0v) is 15.5. The van der Waals surface area contributed by atoms with Gasteiger partial charge in [-0.05, 0) is 43.8 Å². The van der Waals surface area contributed by atoms with E-state index >= 15 is 0 Å². The second kappa shape index (κ2) is 7.25. The highest BCUT2D eigenvalue weighted by molar-refractivity contribution is 5.92. The number of carboxylic acid groups (broad SMARTS) is 1. The van der Waals surface area contributed by atoms with E-state index in [1.54, 1.807) is 4.90 Å². The molecule has 0 amide bonds. The van der Waals surface area contributed by atoms with Crippen LogP contribution in [-0.4, -0.2) is 46.8 Å². The Morgan fingerprint density at radius 3 is 2.62 bits per heavy atom. The van der Waals surface area contributed by atoms with Crippen molar-refractivity contribution < 1.29 is 18.7 Å². The topological polar surface area (TPSA) is 87.5 Å². The maximum absolute atomic E-state index is 14.8. The number of carboxylic acids is 1. The summed E-state index contributed by atoms with van der Waals surface area (Å²) < 4.78 is 29.6. The molecule has 1 atom stereocenters. The molecule has 3 heterocycles. The van der Waals surface area contributed by atoms with E-state index in [-0.39, 0.29) is 22.9 Å². The highest BCUT2D eigenvalue weighted by Gasteiger charge is 2.26. The summed E-state index contributed by atoms with van der Waals surface area (Å²) in [6.07, 6.45) is 1.95. The van der Waals surface area contributed by atoms with Crippen LogP contribution in [0, 0.1) is 11.6 Å². The second-order valence-electron chi connectivity index (χ2n) is 6.91. The van der Waals surface area contributed by atoms with Crippen LogP contribution in [0.1, 0.15) is 16.8 Å². The van der Waals surface area contributed by atoms with Crippen molar-refractivity contribution in [2.75, 3.05) is 25.0 Å². The third-order valence-corrected chi connectivity index (χ3v) is 5.14. The number of nitrogens with one attached hydrogen (secondary N) is 1. The normalized spacial score (nSPS) is 16.5. The SMILES string of the molecule is CNC1CCN(c2nc3c(cc2F)c(=O)c(C(=O)O)cn3-c2ccc(F)cc2)C1. The van der Waals surface area contributed by atoms with Crippen molar-refractivity contribution in [3.63, 3.8) is 0 Å². The van der Waals surface area contributed by atoms with Gasteiger partial charge in [0.1, 0.15) is 11.4 Å². The van der Waals surface area contributed by atoms with Crippen molar-refractivity contribution in [3.05, 3.63) is 63.9 Å². The smallest absolute Gasteiger partial charge is 0.341 e. The summed E-state index contributed by atoms with van der Waals surface area (Å²) in [5.41, 5.74) is -0.833. The average molecular weight is 400 g/mol. The number of likely N-dealkylation sites (N-methyl/N-ethyl adjacent to an activating group) is 1. The summed E-state index contributed by atoms with van der Waals surface area (Å²) in [6.45, 7) is 1.15. The fraction of sp³-hybridized carbons (Fsp3) is 0.250. The van der Waals surface area contributed by atoms with Gasteiger partial charge in [0.05, 0.1) is 5.39 Å². The Balaban J connectivity index is 1.97. The van der Waals surface area contributed by atoms with Crippen LogP contribution in [-0.2, 0) is 0 Å². The minimum atomic E-state index is -1.44. The van der Waals surface area contributed by atoms with Gasteiger partial charge in [-0.15, -0.1) is 0 Å². The van der Waals surface area contributed by atoms with Crippen LogP contribution in [0.3, 0.4) is 0 Å². The number of hydrogen-bond acceptors (Lipinski definition) is 5. The molecule has 2 N–H and O–H groups in total. The van der Waals surface area contributed by atoms with Crippen LogP contribution in [0.5, 0.6) is 0 Å². The molecule has 1 aliphatic rings. The standard InChI is InChI=1S/C20H18F2N4O3/c1-23-12-6-7-25(9-12)19-16(22)8-14-17(27)15(20(28)29)10-26(18(14)24-19)13-4-2-11(21)3-5-13/h2-5,8,10,12,23H,6-7,9H2,1H3,(H,28,29). The van der Waals surface area contributed by atoms with Crippen molar-refractivity contribution in [3.8, 4) is 5.69 Å². The van der Waals surface area contributed by atoms with Crippen molar-refractivity contribution in [1.29, 1.82) is 0 Å². The van der Waals surface area contributed by atoms with Crippen LogP contribution in [0.4, 0.5) is 14.6 Å². The summed E-state index contributed by atoms with van der Waals surface area (Å²) in [5.74, 6) is -2.51. The van der Waals surface area contributed by atoms with Gasteiger partial charge in [0.2, 0.25) is 5.43 Å². The molecule has 150 valence electrons. The number of benzene rings is 1.